The van der Waals surface area contributed by atoms with Crippen LogP contribution in [0.5, 0.6) is 0 Å². The Morgan fingerprint density at radius 3 is 2.86 bits per heavy atom. The number of halogens is 1. The molecule has 0 aromatic rings. The number of hydrogen-bond donors (Lipinski definition) is 0. The predicted molar refractivity (Wildman–Crippen MR) is 68.9 cm³/mol. The fourth-order valence-corrected chi connectivity index (χ4v) is 2.25. The van der Waals surface area contributed by atoms with Gasteiger partial charge >= 0.3 is 0 Å². The summed E-state index contributed by atoms with van der Waals surface area (Å²) in [6.07, 6.45) is 2.67. The summed E-state index contributed by atoms with van der Waals surface area (Å²) in [5.41, 5.74) is 1.80. The Hall–Kier alpha value is -0.170. The van der Waals surface area contributed by atoms with Crippen LogP contribution >= 0.6 is 30.3 Å². The molecule has 0 aliphatic carbocycles. The van der Waals surface area contributed by atoms with Crippen LogP contribution < -0.4 is 0 Å². The minimum atomic E-state index is 0.0813. The first-order chi connectivity index (χ1) is 6.61. The van der Waals surface area contributed by atoms with Crippen molar-refractivity contribution >= 4 is 36.2 Å². The number of carbonyl (C=O) groups is 1. The average Bonchev–Trinajstić information content (AvgIpc) is 2.20. The number of carbonyl (C=O) groups excluding carboxylic acids is 1. The molecule has 1 amide bonds. The summed E-state index contributed by atoms with van der Waals surface area (Å²) in [5, 5.41) is 0. The van der Waals surface area contributed by atoms with Crippen LogP contribution in [0.1, 0.15) is 6.42 Å². The van der Waals surface area contributed by atoms with E-state index < -0.39 is 0 Å². The topological polar surface area (TPSA) is 23.6 Å². The summed E-state index contributed by atoms with van der Waals surface area (Å²) < 4.78 is 1.88. The molecule has 78 valence electrons. The molecule has 0 bridgehead atoms. The fraction of sp³-hybridized carbons (Fsp3) is 0.444. The minimum absolute atomic E-state index is 0.0813. The summed E-state index contributed by atoms with van der Waals surface area (Å²) in [7, 11) is 5.23. The Labute approximate surface area is 101 Å². The first-order valence-corrected chi connectivity index (χ1v) is 7.57. The van der Waals surface area contributed by atoms with Gasteiger partial charge in [-0.15, -0.1) is 0 Å². The molecule has 1 aliphatic heterocycles. The smallest absolute Gasteiger partial charge is 0.271 e. The van der Waals surface area contributed by atoms with Gasteiger partial charge < -0.3 is 9.21 Å². The van der Waals surface area contributed by atoms with E-state index in [1.54, 1.807) is 11.0 Å². The van der Waals surface area contributed by atoms with Gasteiger partial charge in [0.2, 0.25) is 0 Å². The number of likely N-dealkylation sites (N-methyl/N-ethyl adjacent to an activating group) is 2. The molecule has 1 aliphatic rings. The van der Waals surface area contributed by atoms with Crippen molar-refractivity contribution in [3.05, 3.63) is 23.9 Å². The van der Waals surface area contributed by atoms with E-state index in [1.165, 1.54) is 9.12 Å². The normalized spacial score (nSPS) is 17.4. The maximum Gasteiger partial charge on any atom is 0.271 e. The van der Waals surface area contributed by atoms with Crippen molar-refractivity contribution in [2.24, 2.45) is 0 Å². The van der Waals surface area contributed by atoms with E-state index >= 15 is 0 Å². The predicted octanol–water partition coefficient (Wildman–Crippen LogP) is 2.22. The van der Waals surface area contributed by atoms with Crippen molar-refractivity contribution < 1.29 is 4.79 Å². The summed E-state index contributed by atoms with van der Waals surface area (Å²) in [5.74, 6) is 0.0813. The van der Waals surface area contributed by atoms with Crippen molar-refractivity contribution in [2.75, 3.05) is 20.6 Å². The third-order valence-electron chi connectivity index (χ3n) is 2.23. The number of allylic oxidation sites excluding steroid dienone is 1. The molecule has 0 aromatic carbocycles. The van der Waals surface area contributed by atoms with Gasteiger partial charge in [0.05, 0.1) is 0 Å². The summed E-state index contributed by atoms with van der Waals surface area (Å²) in [6.45, 7) is 4.52. The SMILES string of the molecule is C=CC1=C(N(C)SI)C(=O)N(C)CC1. The molecule has 0 spiro atoms. The molecule has 3 nitrogen and oxygen atoms in total. The zero-order chi connectivity index (χ0) is 10.7. The quantitative estimate of drug-likeness (QED) is 0.587. The highest BCUT2D eigenvalue weighted by Crippen LogP contribution is 2.28. The molecule has 1 rings (SSSR count). The second-order valence-electron chi connectivity index (χ2n) is 3.12. The fourth-order valence-electron chi connectivity index (χ4n) is 1.40. The molecule has 0 saturated carbocycles. The van der Waals surface area contributed by atoms with Crippen LogP contribution in [-0.4, -0.2) is 35.8 Å². The van der Waals surface area contributed by atoms with E-state index in [4.69, 9.17) is 0 Å². The van der Waals surface area contributed by atoms with Crippen molar-refractivity contribution in [2.45, 2.75) is 6.42 Å². The van der Waals surface area contributed by atoms with E-state index in [-0.39, 0.29) is 5.91 Å². The lowest BCUT2D eigenvalue weighted by atomic mass is 10.1. The van der Waals surface area contributed by atoms with Crippen molar-refractivity contribution in [1.82, 2.24) is 9.21 Å². The highest BCUT2D eigenvalue weighted by Gasteiger charge is 2.26. The van der Waals surface area contributed by atoms with Gasteiger partial charge in [-0.2, -0.15) is 0 Å². The van der Waals surface area contributed by atoms with Crippen molar-refractivity contribution in [1.29, 1.82) is 0 Å². The summed E-state index contributed by atoms with van der Waals surface area (Å²) in [4.78, 5) is 13.6. The first kappa shape index (κ1) is 11.9. The molecular formula is C9H13IN2OS. The lowest BCUT2D eigenvalue weighted by Gasteiger charge is -2.30. The standard InChI is InChI=1S/C9H13IN2OS/c1-4-7-5-6-11(2)9(13)8(7)12(3)14-10/h4H,1,5-6H2,2-3H3. The van der Waals surface area contributed by atoms with E-state index in [1.807, 2.05) is 18.4 Å². The number of rotatable bonds is 3. The molecule has 0 N–H and O–H groups in total. The van der Waals surface area contributed by atoms with Crippen LogP contribution in [0.4, 0.5) is 0 Å². The van der Waals surface area contributed by atoms with E-state index in [2.05, 4.69) is 27.8 Å². The third kappa shape index (κ3) is 2.25. The monoisotopic (exact) mass is 324 g/mol. The van der Waals surface area contributed by atoms with Crippen LogP contribution in [0.3, 0.4) is 0 Å². The van der Waals surface area contributed by atoms with Gasteiger partial charge in [-0.05, 0) is 12.0 Å². The minimum Gasteiger partial charge on any atom is -0.340 e. The Morgan fingerprint density at radius 1 is 1.71 bits per heavy atom. The lowest BCUT2D eigenvalue weighted by Crippen LogP contribution is -2.37. The molecule has 1 heterocycles. The second kappa shape index (κ2) is 5.06. The lowest BCUT2D eigenvalue weighted by molar-refractivity contribution is -0.127. The molecule has 0 unspecified atom stereocenters. The van der Waals surface area contributed by atoms with Crippen LogP contribution in [-0.2, 0) is 4.79 Å². The molecule has 5 heteroatoms. The molecule has 0 saturated heterocycles. The summed E-state index contributed by atoms with van der Waals surface area (Å²) >= 11 is 2.16. The molecular weight excluding hydrogens is 311 g/mol. The number of nitrogens with zero attached hydrogens (tertiary/aromatic N) is 2. The zero-order valence-corrected chi connectivity index (χ0v) is 11.3. The maximum atomic E-state index is 11.9. The molecule has 0 radical (unpaired) electrons. The van der Waals surface area contributed by atoms with Crippen LogP contribution in [0, 0.1) is 0 Å². The maximum absolute atomic E-state index is 11.9. The van der Waals surface area contributed by atoms with E-state index in [0.29, 0.717) is 0 Å². The van der Waals surface area contributed by atoms with Crippen molar-refractivity contribution in [3.63, 3.8) is 0 Å². The summed E-state index contributed by atoms with van der Waals surface area (Å²) in [6, 6.07) is 0. The van der Waals surface area contributed by atoms with Gasteiger partial charge in [0.15, 0.2) is 0 Å². The van der Waals surface area contributed by atoms with E-state index in [9.17, 15) is 4.79 Å². The van der Waals surface area contributed by atoms with Gasteiger partial charge in [-0.1, -0.05) is 12.7 Å². The molecule has 0 fully saturated rings. The largest absolute Gasteiger partial charge is 0.340 e. The molecule has 0 aromatic heterocycles. The molecule has 14 heavy (non-hydrogen) atoms. The molecule has 0 atom stereocenters. The Bertz CT molecular complexity index is 291. The number of amides is 1. The second-order valence-corrected chi connectivity index (χ2v) is 4.99. The van der Waals surface area contributed by atoms with Gasteiger partial charge in [-0.25, -0.2) is 0 Å². The third-order valence-corrected chi connectivity index (χ3v) is 4.40. The van der Waals surface area contributed by atoms with Crippen LogP contribution in [0.2, 0.25) is 0 Å². The zero-order valence-electron chi connectivity index (χ0n) is 8.29. The average molecular weight is 324 g/mol. The van der Waals surface area contributed by atoms with E-state index in [0.717, 1.165) is 24.2 Å². The Kier molecular flexibility index (Phi) is 4.31. The van der Waals surface area contributed by atoms with Crippen molar-refractivity contribution in [3.8, 4) is 0 Å². The highest BCUT2D eigenvalue weighted by molar-refractivity contribution is 14.2. The highest BCUT2D eigenvalue weighted by atomic mass is 127. The van der Waals surface area contributed by atoms with Gasteiger partial charge in [0.1, 0.15) is 5.70 Å². The van der Waals surface area contributed by atoms with Gasteiger partial charge in [0.25, 0.3) is 5.91 Å². The first-order valence-electron chi connectivity index (χ1n) is 4.25. The Morgan fingerprint density at radius 2 is 2.36 bits per heavy atom. The number of hydrogen-bond acceptors (Lipinski definition) is 3. The Balaban J connectivity index is 3.07. The van der Waals surface area contributed by atoms with Crippen LogP contribution in [0.15, 0.2) is 23.9 Å². The van der Waals surface area contributed by atoms with Gasteiger partial charge in [0, 0.05) is 51.0 Å². The van der Waals surface area contributed by atoms with Gasteiger partial charge in [-0.3, -0.25) is 4.79 Å². The van der Waals surface area contributed by atoms with Crippen LogP contribution in [0.25, 0.3) is 0 Å².